The molecule has 0 bridgehead atoms. The Labute approximate surface area is 104 Å². The lowest BCUT2D eigenvalue weighted by Gasteiger charge is -2.05. The molecule has 0 spiro atoms. The highest BCUT2D eigenvalue weighted by Crippen LogP contribution is 2.23. The van der Waals surface area contributed by atoms with Crippen molar-refractivity contribution in [3.63, 3.8) is 0 Å². The van der Waals surface area contributed by atoms with Crippen LogP contribution in [0.2, 0.25) is 0 Å². The summed E-state index contributed by atoms with van der Waals surface area (Å²) in [5.41, 5.74) is 1.89. The first-order valence-electron chi connectivity index (χ1n) is 5.00. The van der Waals surface area contributed by atoms with Crippen molar-refractivity contribution in [2.24, 2.45) is 0 Å². The summed E-state index contributed by atoms with van der Waals surface area (Å²) in [5.74, 6) is -0.135. The largest absolute Gasteiger partial charge is 0.321 e. The van der Waals surface area contributed by atoms with E-state index in [1.54, 1.807) is 6.08 Å². The van der Waals surface area contributed by atoms with Gasteiger partial charge in [-0.05, 0) is 47.5 Å². The number of carbonyl (C=O) groups is 1. The molecule has 1 rings (SSSR count). The zero-order valence-electron chi connectivity index (χ0n) is 9.33. The number of halogens is 1. The van der Waals surface area contributed by atoms with Crippen LogP contribution in [-0.2, 0) is 4.79 Å². The molecule has 0 aromatic heterocycles. The van der Waals surface area contributed by atoms with E-state index in [4.69, 9.17) is 0 Å². The van der Waals surface area contributed by atoms with E-state index in [2.05, 4.69) is 21.2 Å². The number of hydrogen-bond acceptors (Lipinski definition) is 1. The summed E-state index contributed by atoms with van der Waals surface area (Å²) in [7, 11) is 0. The number of aryl methyl sites for hydroxylation is 1. The fourth-order valence-electron chi connectivity index (χ4n) is 1.16. The number of hydrogen-bond donors (Lipinski definition) is 1. The van der Waals surface area contributed by atoms with Crippen LogP contribution in [0.15, 0.2) is 47.0 Å². The second kappa shape index (κ2) is 6.28. The van der Waals surface area contributed by atoms with E-state index in [9.17, 15) is 4.79 Å². The van der Waals surface area contributed by atoms with Crippen molar-refractivity contribution in [2.75, 3.05) is 5.32 Å². The topological polar surface area (TPSA) is 29.1 Å². The quantitative estimate of drug-likeness (QED) is 0.661. The Morgan fingerprint density at radius 2 is 2.12 bits per heavy atom. The van der Waals surface area contributed by atoms with Gasteiger partial charge in [0.2, 0.25) is 5.91 Å². The zero-order chi connectivity index (χ0) is 12.0. The van der Waals surface area contributed by atoms with Crippen molar-refractivity contribution in [3.05, 3.63) is 52.5 Å². The minimum Gasteiger partial charge on any atom is -0.321 e. The third-order valence-corrected chi connectivity index (χ3v) is 2.62. The molecule has 84 valence electrons. The van der Waals surface area contributed by atoms with Gasteiger partial charge in [-0.2, -0.15) is 0 Å². The molecule has 1 N–H and O–H groups in total. The van der Waals surface area contributed by atoms with Crippen LogP contribution in [0.3, 0.4) is 0 Å². The van der Waals surface area contributed by atoms with Gasteiger partial charge in [0.1, 0.15) is 0 Å². The van der Waals surface area contributed by atoms with Crippen LogP contribution in [-0.4, -0.2) is 5.91 Å². The van der Waals surface area contributed by atoms with E-state index in [-0.39, 0.29) is 5.91 Å². The second-order valence-corrected chi connectivity index (χ2v) is 4.21. The number of carbonyl (C=O) groups excluding carboxylic acids is 1. The van der Waals surface area contributed by atoms with Gasteiger partial charge >= 0.3 is 0 Å². The molecule has 0 heterocycles. The number of anilines is 1. The van der Waals surface area contributed by atoms with Crippen LogP contribution in [0.25, 0.3) is 0 Å². The lowest BCUT2D eigenvalue weighted by atomic mass is 10.2. The van der Waals surface area contributed by atoms with E-state index >= 15 is 0 Å². The van der Waals surface area contributed by atoms with Crippen molar-refractivity contribution >= 4 is 27.5 Å². The smallest absolute Gasteiger partial charge is 0.248 e. The predicted molar refractivity (Wildman–Crippen MR) is 71.5 cm³/mol. The number of rotatable bonds is 3. The van der Waals surface area contributed by atoms with E-state index < -0.39 is 0 Å². The molecule has 1 aromatic rings. The molecular formula is C13H14BrNO. The first kappa shape index (κ1) is 12.7. The van der Waals surface area contributed by atoms with Gasteiger partial charge < -0.3 is 5.32 Å². The Balaban J connectivity index is 2.73. The predicted octanol–water partition coefficient (Wildman–Crippen LogP) is 3.83. The van der Waals surface area contributed by atoms with Gasteiger partial charge in [-0.25, -0.2) is 0 Å². The minimum absolute atomic E-state index is 0.135. The van der Waals surface area contributed by atoms with Crippen molar-refractivity contribution < 1.29 is 4.79 Å². The van der Waals surface area contributed by atoms with Gasteiger partial charge in [-0.3, -0.25) is 4.79 Å². The summed E-state index contributed by atoms with van der Waals surface area (Å²) in [4.78, 5) is 11.5. The summed E-state index contributed by atoms with van der Waals surface area (Å²) in [6, 6.07) is 5.82. The number of nitrogens with one attached hydrogen (secondary N) is 1. The van der Waals surface area contributed by atoms with Gasteiger partial charge in [0.25, 0.3) is 0 Å². The maximum absolute atomic E-state index is 11.5. The Morgan fingerprint density at radius 1 is 1.38 bits per heavy atom. The highest BCUT2D eigenvalue weighted by atomic mass is 79.9. The normalized spacial score (nSPS) is 11.2. The van der Waals surface area contributed by atoms with E-state index in [0.717, 1.165) is 15.7 Å². The molecule has 0 aliphatic rings. The van der Waals surface area contributed by atoms with Gasteiger partial charge in [0.05, 0.1) is 5.69 Å². The summed E-state index contributed by atoms with van der Waals surface area (Å²) >= 11 is 3.39. The van der Waals surface area contributed by atoms with Crippen LogP contribution < -0.4 is 5.32 Å². The third-order valence-electron chi connectivity index (χ3n) is 1.93. The van der Waals surface area contributed by atoms with Crippen LogP contribution in [0.5, 0.6) is 0 Å². The van der Waals surface area contributed by atoms with Gasteiger partial charge in [-0.1, -0.05) is 24.3 Å². The first-order valence-corrected chi connectivity index (χ1v) is 5.79. The van der Waals surface area contributed by atoms with E-state index in [1.165, 1.54) is 6.08 Å². The molecule has 2 nitrogen and oxygen atoms in total. The Morgan fingerprint density at radius 3 is 2.81 bits per heavy atom. The average Bonchev–Trinajstić information content (AvgIpc) is 2.24. The Hall–Kier alpha value is -1.35. The first-order chi connectivity index (χ1) is 7.63. The average molecular weight is 280 g/mol. The van der Waals surface area contributed by atoms with Gasteiger partial charge in [0.15, 0.2) is 0 Å². The molecule has 3 heteroatoms. The van der Waals surface area contributed by atoms with Crippen molar-refractivity contribution in [3.8, 4) is 0 Å². The molecule has 0 fully saturated rings. The molecule has 0 atom stereocenters. The van der Waals surface area contributed by atoms with Gasteiger partial charge in [-0.15, -0.1) is 0 Å². The maximum atomic E-state index is 11.5. The van der Waals surface area contributed by atoms with Crippen molar-refractivity contribution in [2.45, 2.75) is 13.8 Å². The van der Waals surface area contributed by atoms with Crippen LogP contribution in [0.1, 0.15) is 12.5 Å². The number of benzene rings is 1. The molecule has 0 unspecified atom stereocenters. The number of amides is 1. The molecule has 0 aliphatic heterocycles. The Kier molecular flexibility index (Phi) is 4.99. The molecule has 0 saturated heterocycles. The molecule has 0 saturated carbocycles. The third kappa shape index (κ3) is 4.03. The summed E-state index contributed by atoms with van der Waals surface area (Å²) in [6.45, 7) is 3.89. The monoisotopic (exact) mass is 279 g/mol. The lowest BCUT2D eigenvalue weighted by molar-refractivity contribution is -0.111. The molecule has 0 radical (unpaired) electrons. The highest BCUT2D eigenvalue weighted by molar-refractivity contribution is 9.10. The van der Waals surface area contributed by atoms with Crippen molar-refractivity contribution in [1.82, 2.24) is 0 Å². The second-order valence-electron chi connectivity index (χ2n) is 3.36. The van der Waals surface area contributed by atoms with E-state index in [0.29, 0.717) is 0 Å². The highest BCUT2D eigenvalue weighted by Gasteiger charge is 2.02. The summed E-state index contributed by atoms with van der Waals surface area (Å²) < 4.78 is 0.880. The van der Waals surface area contributed by atoms with Crippen LogP contribution in [0.4, 0.5) is 5.69 Å². The maximum Gasteiger partial charge on any atom is 0.248 e. The standard InChI is InChI=1S/C13H14BrNO/c1-3-4-5-6-13(16)15-12-9-10(2)7-8-11(12)14/h3-9H,1-2H3,(H,15,16)/b4-3+,6-5?. The van der Waals surface area contributed by atoms with Crippen LogP contribution >= 0.6 is 15.9 Å². The fraction of sp³-hybridized carbons (Fsp3) is 0.154. The molecular weight excluding hydrogens is 266 g/mol. The molecule has 1 amide bonds. The number of allylic oxidation sites excluding steroid dienone is 3. The van der Waals surface area contributed by atoms with Gasteiger partial charge in [0, 0.05) is 10.5 Å². The van der Waals surface area contributed by atoms with Crippen LogP contribution in [0, 0.1) is 6.92 Å². The Bertz CT molecular complexity index is 436. The summed E-state index contributed by atoms with van der Waals surface area (Å²) in [5, 5.41) is 2.80. The summed E-state index contributed by atoms with van der Waals surface area (Å²) in [6.07, 6.45) is 6.88. The fourth-order valence-corrected chi connectivity index (χ4v) is 1.51. The molecule has 16 heavy (non-hydrogen) atoms. The molecule has 1 aromatic carbocycles. The van der Waals surface area contributed by atoms with Crippen molar-refractivity contribution in [1.29, 1.82) is 0 Å². The SMILES string of the molecule is C/C=C/C=CC(=O)Nc1cc(C)ccc1Br. The minimum atomic E-state index is -0.135. The molecule has 0 aliphatic carbocycles. The zero-order valence-corrected chi connectivity index (χ0v) is 10.9. The van der Waals surface area contributed by atoms with E-state index in [1.807, 2.05) is 44.2 Å². The lowest BCUT2D eigenvalue weighted by Crippen LogP contribution is -2.08.